The van der Waals surface area contributed by atoms with Gasteiger partial charge in [0.2, 0.25) is 0 Å². The Hall–Kier alpha value is -2.64. The Kier molecular flexibility index (Phi) is 4.64. The van der Waals surface area contributed by atoms with E-state index >= 15 is 0 Å². The summed E-state index contributed by atoms with van der Waals surface area (Å²) < 4.78 is 6.40. The molecule has 0 bridgehead atoms. The van der Waals surface area contributed by atoms with E-state index in [1.165, 1.54) is 0 Å². The van der Waals surface area contributed by atoms with E-state index in [0.717, 1.165) is 4.68 Å². The number of rotatable bonds is 4. The monoisotopic (exact) mass is 361 g/mol. The minimum absolute atomic E-state index is 0.0878. The number of halogens is 1. The minimum atomic E-state index is -0.535. The summed E-state index contributed by atoms with van der Waals surface area (Å²) in [5.41, 5.74) is 2.61. The van der Waals surface area contributed by atoms with Crippen molar-refractivity contribution in [1.29, 1.82) is 0 Å². The van der Waals surface area contributed by atoms with E-state index < -0.39 is 11.5 Å². The second kappa shape index (κ2) is 6.86. The van der Waals surface area contributed by atoms with Crippen LogP contribution >= 0.6 is 23.8 Å². The van der Waals surface area contributed by atoms with Crippen molar-refractivity contribution in [2.24, 2.45) is 0 Å². The number of fused-ring (bicyclic) bond motifs is 1. The van der Waals surface area contributed by atoms with Crippen LogP contribution in [-0.4, -0.2) is 22.2 Å². The summed E-state index contributed by atoms with van der Waals surface area (Å²) in [6.07, 6.45) is 0. The van der Waals surface area contributed by atoms with Crippen LogP contribution in [0.4, 0.5) is 0 Å². The molecule has 0 aliphatic heterocycles. The molecule has 122 valence electrons. The highest BCUT2D eigenvalue weighted by atomic mass is 35.5. The number of para-hydroxylation sites is 2. The zero-order valence-electron chi connectivity index (χ0n) is 12.3. The topological polar surface area (TPSA) is 76.1 Å². The Morgan fingerprint density at radius 1 is 1.21 bits per heavy atom. The van der Waals surface area contributed by atoms with Crippen LogP contribution in [-0.2, 0) is 4.79 Å². The van der Waals surface area contributed by atoms with Crippen molar-refractivity contribution in [3.8, 4) is 5.75 Å². The van der Waals surface area contributed by atoms with E-state index in [9.17, 15) is 9.59 Å². The first-order valence-corrected chi connectivity index (χ1v) is 7.76. The third kappa shape index (κ3) is 3.32. The summed E-state index contributed by atoms with van der Waals surface area (Å²) in [6, 6.07) is 13.7. The third-order valence-electron chi connectivity index (χ3n) is 3.24. The van der Waals surface area contributed by atoms with Gasteiger partial charge in [0.05, 0.1) is 15.9 Å². The largest absolute Gasteiger partial charge is 0.482 e. The number of amides is 1. The standard InChI is InChI=1S/C16H12ClN3O3S/c17-11-6-2-4-8-13(11)23-9-14(21)19-20-15(22)10-5-1-3-7-12(10)18-16(20)24/h1-8H,9H2,(H,18,24)(H,19,21). The molecule has 0 saturated carbocycles. The van der Waals surface area contributed by atoms with Crippen LogP contribution in [0.2, 0.25) is 5.02 Å². The van der Waals surface area contributed by atoms with Gasteiger partial charge < -0.3 is 9.72 Å². The highest BCUT2D eigenvalue weighted by Gasteiger charge is 2.10. The van der Waals surface area contributed by atoms with Crippen LogP contribution in [0.3, 0.4) is 0 Å². The van der Waals surface area contributed by atoms with Crippen molar-refractivity contribution in [2.75, 3.05) is 12.0 Å². The molecule has 0 atom stereocenters. The zero-order chi connectivity index (χ0) is 17.1. The molecular weight excluding hydrogens is 350 g/mol. The van der Waals surface area contributed by atoms with E-state index in [4.69, 9.17) is 28.6 Å². The summed E-state index contributed by atoms with van der Waals surface area (Å²) in [5, 5.41) is 0.809. The van der Waals surface area contributed by atoms with Crippen LogP contribution < -0.4 is 15.7 Å². The fraction of sp³-hybridized carbons (Fsp3) is 0.0625. The molecule has 0 fully saturated rings. The van der Waals surface area contributed by atoms with Gasteiger partial charge in [-0.2, -0.15) is 4.68 Å². The second-order valence-corrected chi connectivity index (χ2v) is 5.66. The Balaban J connectivity index is 1.80. The van der Waals surface area contributed by atoms with Gasteiger partial charge in [-0.15, -0.1) is 0 Å². The molecular formula is C16H12ClN3O3S. The SMILES string of the molecule is O=C(COc1ccccc1Cl)Nn1c(=S)[nH]c2ccccc2c1=O. The number of hydrogen-bond acceptors (Lipinski definition) is 4. The molecule has 0 aliphatic carbocycles. The molecule has 6 nitrogen and oxygen atoms in total. The molecule has 3 rings (SSSR count). The normalized spacial score (nSPS) is 10.5. The van der Waals surface area contributed by atoms with Gasteiger partial charge in [0, 0.05) is 0 Å². The van der Waals surface area contributed by atoms with Gasteiger partial charge in [-0.25, -0.2) is 0 Å². The van der Waals surface area contributed by atoms with E-state index in [0.29, 0.717) is 21.7 Å². The van der Waals surface area contributed by atoms with Crippen LogP contribution in [0, 0.1) is 4.77 Å². The maximum atomic E-state index is 12.4. The molecule has 24 heavy (non-hydrogen) atoms. The lowest BCUT2D eigenvalue weighted by Gasteiger charge is -2.11. The average Bonchev–Trinajstić information content (AvgIpc) is 2.58. The fourth-order valence-electron chi connectivity index (χ4n) is 2.13. The van der Waals surface area contributed by atoms with E-state index in [1.807, 2.05) is 0 Å². The van der Waals surface area contributed by atoms with Gasteiger partial charge in [-0.05, 0) is 36.5 Å². The summed E-state index contributed by atoms with van der Waals surface area (Å²) in [5.74, 6) is -0.155. The molecule has 8 heteroatoms. The molecule has 0 unspecified atom stereocenters. The lowest BCUT2D eigenvalue weighted by molar-refractivity contribution is -0.119. The van der Waals surface area contributed by atoms with E-state index in [-0.39, 0.29) is 11.4 Å². The van der Waals surface area contributed by atoms with Crippen LogP contribution in [0.5, 0.6) is 5.75 Å². The molecule has 2 N–H and O–H groups in total. The Morgan fingerprint density at radius 3 is 2.71 bits per heavy atom. The molecule has 0 spiro atoms. The first kappa shape index (κ1) is 16.2. The molecule has 0 saturated heterocycles. The highest BCUT2D eigenvalue weighted by Crippen LogP contribution is 2.22. The van der Waals surface area contributed by atoms with Crippen molar-refractivity contribution in [3.05, 3.63) is 68.7 Å². The predicted molar refractivity (Wildman–Crippen MR) is 94.7 cm³/mol. The quantitative estimate of drug-likeness (QED) is 0.701. The molecule has 1 amide bonds. The number of ether oxygens (including phenoxy) is 1. The number of aromatic amines is 1. The molecule has 1 aromatic heterocycles. The number of hydrogen-bond donors (Lipinski definition) is 2. The molecule has 0 radical (unpaired) electrons. The number of H-pyrrole nitrogens is 1. The summed E-state index contributed by atoms with van der Waals surface area (Å²) >= 11 is 11.1. The van der Waals surface area contributed by atoms with Gasteiger partial charge in [-0.1, -0.05) is 35.9 Å². The number of carbonyl (C=O) groups excluding carboxylic acids is 1. The van der Waals surface area contributed by atoms with E-state index in [2.05, 4.69) is 10.4 Å². The number of nitrogens with zero attached hydrogens (tertiary/aromatic N) is 1. The van der Waals surface area contributed by atoms with Crippen molar-refractivity contribution in [3.63, 3.8) is 0 Å². The molecule has 2 aromatic carbocycles. The van der Waals surface area contributed by atoms with Gasteiger partial charge >= 0.3 is 0 Å². The number of aromatic nitrogens is 2. The van der Waals surface area contributed by atoms with Crippen LogP contribution in [0.25, 0.3) is 10.9 Å². The Bertz CT molecular complexity index is 1030. The maximum Gasteiger partial charge on any atom is 0.281 e. The number of nitrogens with one attached hydrogen (secondary N) is 2. The van der Waals surface area contributed by atoms with Gasteiger partial charge in [-0.3, -0.25) is 15.0 Å². The number of carbonyl (C=O) groups is 1. The zero-order valence-corrected chi connectivity index (χ0v) is 13.9. The first-order chi connectivity index (χ1) is 11.6. The summed E-state index contributed by atoms with van der Waals surface area (Å²) in [4.78, 5) is 27.3. The summed E-state index contributed by atoms with van der Waals surface area (Å²) in [7, 11) is 0. The fourth-order valence-corrected chi connectivity index (χ4v) is 2.55. The van der Waals surface area contributed by atoms with Crippen LogP contribution in [0.15, 0.2) is 53.3 Å². The Labute approximate surface area is 146 Å². The van der Waals surface area contributed by atoms with Crippen molar-refractivity contribution in [2.45, 2.75) is 0 Å². The maximum absolute atomic E-state index is 12.4. The smallest absolute Gasteiger partial charge is 0.281 e. The number of benzene rings is 2. The van der Waals surface area contributed by atoms with Crippen molar-refractivity contribution >= 4 is 40.6 Å². The lowest BCUT2D eigenvalue weighted by Crippen LogP contribution is -2.36. The second-order valence-electron chi connectivity index (χ2n) is 4.87. The van der Waals surface area contributed by atoms with Crippen LogP contribution in [0.1, 0.15) is 0 Å². The van der Waals surface area contributed by atoms with Gasteiger partial charge in [0.25, 0.3) is 11.5 Å². The van der Waals surface area contributed by atoms with Gasteiger partial charge in [0.1, 0.15) is 5.75 Å². The van der Waals surface area contributed by atoms with Crippen molar-refractivity contribution in [1.82, 2.24) is 9.66 Å². The summed E-state index contributed by atoms with van der Waals surface area (Å²) in [6.45, 7) is -0.308. The minimum Gasteiger partial charge on any atom is -0.482 e. The Morgan fingerprint density at radius 2 is 1.92 bits per heavy atom. The lowest BCUT2D eigenvalue weighted by atomic mass is 10.2. The molecule has 0 aliphatic rings. The predicted octanol–water partition coefficient (Wildman–Crippen LogP) is 2.86. The van der Waals surface area contributed by atoms with E-state index in [1.54, 1.807) is 48.5 Å². The highest BCUT2D eigenvalue weighted by molar-refractivity contribution is 7.71. The van der Waals surface area contributed by atoms with Gasteiger partial charge in [0.15, 0.2) is 11.4 Å². The molecule has 1 heterocycles. The third-order valence-corrected chi connectivity index (χ3v) is 3.83. The average molecular weight is 362 g/mol. The first-order valence-electron chi connectivity index (χ1n) is 6.97. The molecule has 3 aromatic rings. The van der Waals surface area contributed by atoms with Crippen molar-refractivity contribution < 1.29 is 9.53 Å².